The molecule has 31 heavy (non-hydrogen) atoms. The van der Waals surface area contributed by atoms with Gasteiger partial charge < -0.3 is 19.5 Å². The zero-order valence-electron chi connectivity index (χ0n) is 17.6. The van der Waals surface area contributed by atoms with Crippen molar-refractivity contribution in [1.29, 1.82) is 0 Å². The van der Waals surface area contributed by atoms with Crippen LogP contribution in [0, 0.1) is 12.7 Å². The highest BCUT2D eigenvalue weighted by molar-refractivity contribution is 7.80. The van der Waals surface area contributed by atoms with Crippen LogP contribution in [0.1, 0.15) is 30.0 Å². The van der Waals surface area contributed by atoms with Gasteiger partial charge in [0.2, 0.25) is 5.82 Å². The van der Waals surface area contributed by atoms with Gasteiger partial charge in [0.25, 0.3) is 5.89 Å². The Kier molecular flexibility index (Phi) is 6.11. The van der Waals surface area contributed by atoms with E-state index in [1.165, 1.54) is 12.1 Å². The Labute approximate surface area is 185 Å². The van der Waals surface area contributed by atoms with Crippen LogP contribution >= 0.6 is 12.2 Å². The average molecular weight is 439 g/mol. The highest BCUT2D eigenvalue weighted by atomic mass is 32.1. The van der Waals surface area contributed by atoms with E-state index >= 15 is 0 Å². The van der Waals surface area contributed by atoms with Crippen LogP contribution in [0.15, 0.2) is 58.8 Å². The van der Waals surface area contributed by atoms with Crippen LogP contribution in [0.3, 0.4) is 0 Å². The van der Waals surface area contributed by atoms with Crippen LogP contribution < -0.4 is 5.32 Å². The van der Waals surface area contributed by atoms with Crippen molar-refractivity contribution >= 4 is 22.9 Å². The Hall–Kier alpha value is -3.10. The van der Waals surface area contributed by atoms with Gasteiger partial charge in [-0.2, -0.15) is 4.98 Å². The number of methoxy groups -OCH3 is 1. The Morgan fingerprint density at radius 3 is 2.68 bits per heavy atom. The van der Waals surface area contributed by atoms with E-state index in [9.17, 15) is 4.39 Å². The maximum atomic E-state index is 14.0. The van der Waals surface area contributed by atoms with Gasteiger partial charge in [-0.15, -0.1) is 0 Å². The van der Waals surface area contributed by atoms with Gasteiger partial charge in [-0.05, 0) is 43.8 Å². The molecule has 0 amide bonds. The molecule has 0 saturated heterocycles. The lowest BCUT2D eigenvalue weighted by Gasteiger charge is -2.37. The maximum Gasteiger partial charge on any atom is 0.258 e. The van der Waals surface area contributed by atoms with Crippen molar-refractivity contribution in [2.75, 3.05) is 20.3 Å². The van der Waals surface area contributed by atoms with E-state index in [1.54, 1.807) is 13.2 Å². The minimum Gasteiger partial charge on any atom is -0.383 e. The second kappa shape index (κ2) is 8.95. The summed E-state index contributed by atoms with van der Waals surface area (Å²) in [7, 11) is 1.64. The highest BCUT2D eigenvalue weighted by Crippen LogP contribution is 2.37. The summed E-state index contributed by atoms with van der Waals surface area (Å²) in [5.74, 6) is 0.527. The van der Waals surface area contributed by atoms with Gasteiger partial charge in [-0.25, -0.2) is 4.39 Å². The summed E-state index contributed by atoms with van der Waals surface area (Å²) in [5.41, 5.74) is 4.33. The molecule has 1 aliphatic rings. The number of rotatable bonds is 6. The molecule has 6 nitrogen and oxygen atoms in total. The van der Waals surface area contributed by atoms with Gasteiger partial charge in [0, 0.05) is 24.9 Å². The Morgan fingerprint density at radius 2 is 1.97 bits per heavy atom. The third-order valence-corrected chi connectivity index (χ3v) is 5.60. The van der Waals surface area contributed by atoms with Crippen molar-refractivity contribution in [3.8, 4) is 11.4 Å². The number of nitrogens with zero attached hydrogens (tertiary/aromatic N) is 3. The van der Waals surface area contributed by atoms with Crippen molar-refractivity contribution in [2.45, 2.75) is 19.9 Å². The van der Waals surface area contributed by atoms with Crippen LogP contribution in [0.25, 0.3) is 17.0 Å². The summed E-state index contributed by atoms with van der Waals surface area (Å²) in [6.45, 7) is 5.02. The molecule has 3 aromatic rings. The number of benzene rings is 2. The predicted molar refractivity (Wildman–Crippen MR) is 121 cm³/mol. The fourth-order valence-electron chi connectivity index (χ4n) is 3.60. The van der Waals surface area contributed by atoms with Crippen LogP contribution in [0.2, 0.25) is 0 Å². The second-order valence-electron chi connectivity index (χ2n) is 7.37. The molecule has 1 N–H and O–H groups in total. The molecule has 0 spiro atoms. The third-order valence-electron chi connectivity index (χ3n) is 5.26. The van der Waals surface area contributed by atoms with E-state index in [0.29, 0.717) is 30.0 Å². The van der Waals surface area contributed by atoms with Crippen molar-refractivity contribution in [1.82, 2.24) is 20.4 Å². The molecular formula is C23H23FN4O2S. The number of halogens is 1. The molecule has 160 valence electrons. The predicted octanol–water partition coefficient (Wildman–Crippen LogP) is 4.49. The lowest BCUT2D eigenvalue weighted by molar-refractivity contribution is 0.183. The summed E-state index contributed by atoms with van der Waals surface area (Å²) >= 11 is 5.59. The zero-order chi connectivity index (χ0) is 22.0. The molecule has 2 aromatic carbocycles. The summed E-state index contributed by atoms with van der Waals surface area (Å²) in [6, 6.07) is 13.9. The Morgan fingerprint density at radius 1 is 1.19 bits per heavy atom. The molecule has 0 fully saturated rings. The zero-order valence-corrected chi connectivity index (χ0v) is 18.4. The molecule has 2 heterocycles. The van der Waals surface area contributed by atoms with E-state index in [-0.39, 0.29) is 5.82 Å². The van der Waals surface area contributed by atoms with Gasteiger partial charge in [-0.1, -0.05) is 47.1 Å². The SMILES string of the molecule is COCCN1C(=S)NC(c2cccc(F)c2)C(c2nc(-c3ccc(C)cc3)no2)=C1C. The van der Waals surface area contributed by atoms with E-state index in [0.717, 1.165) is 28.0 Å². The minimum absolute atomic E-state index is 0.324. The maximum absolute atomic E-state index is 14.0. The molecule has 0 radical (unpaired) electrons. The number of aryl methyl sites for hydroxylation is 1. The monoisotopic (exact) mass is 438 g/mol. The molecule has 1 aliphatic heterocycles. The summed E-state index contributed by atoms with van der Waals surface area (Å²) in [4.78, 5) is 6.58. The fraction of sp³-hybridized carbons (Fsp3) is 0.261. The van der Waals surface area contributed by atoms with Crippen LogP contribution in [0.4, 0.5) is 4.39 Å². The molecule has 0 aliphatic carbocycles. The third kappa shape index (κ3) is 4.35. The number of nitrogens with one attached hydrogen (secondary N) is 1. The van der Waals surface area contributed by atoms with Crippen molar-refractivity contribution in [3.05, 3.63) is 77.1 Å². The van der Waals surface area contributed by atoms with Gasteiger partial charge in [0.15, 0.2) is 5.11 Å². The quantitative estimate of drug-likeness (QED) is 0.569. The molecular weight excluding hydrogens is 415 g/mol. The lowest BCUT2D eigenvalue weighted by Crippen LogP contribution is -2.47. The standard InChI is InChI=1S/C23H23FN4O2S/c1-14-7-9-16(10-8-14)21-26-22(30-27-21)19-15(2)28(11-12-29-3)23(31)25-20(19)17-5-4-6-18(24)13-17/h4-10,13,20H,11-12H2,1-3H3,(H,25,31). The average Bonchev–Trinajstić information content (AvgIpc) is 3.23. The van der Waals surface area contributed by atoms with Crippen LogP contribution in [-0.4, -0.2) is 40.4 Å². The number of hydrogen-bond donors (Lipinski definition) is 1. The largest absolute Gasteiger partial charge is 0.383 e. The molecule has 1 unspecified atom stereocenters. The van der Waals surface area contributed by atoms with Gasteiger partial charge in [0.1, 0.15) is 5.82 Å². The topological polar surface area (TPSA) is 63.4 Å². The first-order chi connectivity index (χ1) is 15.0. The summed E-state index contributed by atoms with van der Waals surface area (Å²) < 4.78 is 24.9. The highest BCUT2D eigenvalue weighted by Gasteiger charge is 2.34. The molecule has 0 bridgehead atoms. The van der Waals surface area contributed by atoms with Crippen molar-refractivity contribution < 1.29 is 13.7 Å². The smallest absolute Gasteiger partial charge is 0.258 e. The van der Waals surface area contributed by atoms with E-state index in [1.807, 2.05) is 49.1 Å². The van der Waals surface area contributed by atoms with Crippen molar-refractivity contribution in [2.24, 2.45) is 0 Å². The minimum atomic E-state index is -0.423. The molecule has 0 saturated carbocycles. The Bertz CT molecular complexity index is 1130. The van der Waals surface area contributed by atoms with Gasteiger partial charge >= 0.3 is 0 Å². The molecule has 4 rings (SSSR count). The normalized spacial score (nSPS) is 16.6. The lowest BCUT2D eigenvalue weighted by atomic mass is 9.94. The van der Waals surface area contributed by atoms with Crippen LogP contribution in [-0.2, 0) is 4.74 Å². The first kappa shape index (κ1) is 21.1. The molecule has 1 aromatic heterocycles. The number of aromatic nitrogens is 2. The fourth-order valence-corrected chi connectivity index (χ4v) is 3.95. The van der Waals surface area contributed by atoms with Crippen molar-refractivity contribution in [3.63, 3.8) is 0 Å². The summed E-state index contributed by atoms with van der Waals surface area (Å²) in [6.07, 6.45) is 0. The van der Waals surface area contributed by atoms with Crippen LogP contribution in [0.5, 0.6) is 0 Å². The number of hydrogen-bond acceptors (Lipinski definition) is 5. The Balaban J connectivity index is 1.80. The van der Waals surface area contributed by atoms with E-state index in [2.05, 4.69) is 15.5 Å². The number of allylic oxidation sites excluding steroid dienone is 1. The summed E-state index contributed by atoms with van der Waals surface area (Å²) in [5, 5.41) is 8.02. The molecule has 8 heteroatoms. The van der Waals surface area contributed by atoms with Gasteiger partial charge in [-0.3, -0.25) is 0 Å². The van der Waals surface area contributed by atoms with Gasteiger partial charge in [0.05, 0.1) is 18.2 Å². The molecule has 1 atom stereocenters. The van der Waals surface area contributed by atoms with E-state index in [4.69, 9.17) is 21.5 Å². The van der Waals surface area contributed by atoms with E-state index < -0.39 is 6.04 Å². The first-order valence-corrected chi connectivity index (χ1v) is 10.3. The number of thiocarbonyl (C=S) groups is 1. The number of ether oxygens (including phenoxy) is 1. The first-order valence-electron chi connectivity index (χ1n) is 9.92. The second-order valence-corrected chi connectivity index (χ2v) is 7.76.